The maximum atomic E-state index is 11.0. The lowest BCUT2D eigenvalue weighted by atomic mass is 9.57. The van der Waals surface area contributed by atoms with E-state index >= 15 is 0 Å². The largest absolute Gasteiger partial charge is 0.494 e. The van der Waals surface area contributed by atoms with E-state index in [1.54, 1.807) is 29.8 Å². The lowest BCUT2D eigenvalue weighted by Crippen LogP contribution is -2.57. The Hall–Kier alpha value is -2.41. The van der Waals surface area contributed by atoms with E-state index in [-0.39, 0.29) is 11.0 Å². The second-order valence-electron chi connectivity index (χ2n) is 10.8. The summed E-state index contributed by atoms with van der Waals surface area (Å²) in [6, 6.07) is 15.8. The van der Waals surface area contributed by atoms with Gasteiger partial charge in [-0.2, -0.15) is 0 Å². The molecule has 0 spiro atoms. The summed E-state index contributed by atoms with van der Waals surface area (Å²) >= 11 is 0. The molecule has 6 heteroatoms. The van der Waals surface area contributed by atoms with Gasteiger partial charge in [0.1, 0.15) is 5.75 Å². The molecule has 1 saturated heterocycles. The number of benzene rings is 2. The van der Waals surface area contributed by atoms with Crippen LogP contribution in [0.3, 0.4) is 0 Å². The van der Waals surface area contributed by atoms with Gasteiger partial charge in [0.15, 0.2) is 0 Å². The Morgan fingerprint density at radius 1 is 1.08 bits per heavy atom. The number of carbonyl (C=O) groups is 1. The van der Waals surface area contributed by atoms with Gasteiger partial charge in [-0.25, -0.2) is 4.79 Å². The average Bonchev–Trinajstić information content (AvgIpc) is 3.41. The van der Waals surface area contributed by atoms with E-state index in [1.807, 2.05) is 7.11 Å². The molecule has 0 amide bonds. The molecule has 1 saturated carbocycles. The summed E-state index contributed by atoms with van der Waals surface area (Å²) < 4.78 is 11.9. The lowest BCUT2D eigenvalue weighted by Gasteiger charge is -2.53. The van der Waals surface area contributed by atoms with Crippen LogP contribution in [0.1, 0.15) is 60.0 Å². The zero-order valence-electron chi connectivity index (χ0n) is 21.5. The first kappa shape index (κ1) is 25.2. The Morgan fingerprint density at radius 2 is 1.86 bits per heavy atom. The normalized spacial score (nSPS) is 27.0. The van der Waals surface area contributed by atoms with Crippen LogP contribution in [-0.2, 0) is 16.7 Å². The van der Waals surface area contributed by atoms with Crippen LogP contribution < -0.4 is 10.1 Å². The number of nitrogens with one attached hydrogen (secondary N) is 1. The molecular weight excluding hydrogens is 452 g/mol. The molecular formula is C30H40N2O4. The van der Waals surface area contributed by atoms with Crippen LogP contribution in [-0.4, -0.2) is 62.0 Å². The van der Waals surface area contributed by atoms with Crippen molar-refractivity contribution in [2.24, 2.45) is 11.8 Å². The van der Waals surface area contributed by atoms with Gasteiger partial charge in [0, 0.05) is 32.2 Å². The lowest BCUT2D eigenvalue weighted by molar-refractivity contribution is -0.00323. The second-order valence-corrected chi connectivity index (χ2v) is 10.8. The molecule has 1 aliphatic carbocycles. The van der Waals surface area contributed by atoms with Crippen LogP contribution in [0.2, 0.25) is 0 Å². The highest BCUT2D eigenvalue weighted by Gasteiger charge is 2.53. The highest BCUT2D eigenvalue weighted by atomic mass is 16.5. The zero-order valence-corrected chi connectivity index (χ0v) is 21.5. The predicted octanol–water partition coefficient (Wildman–Crippen LogP) is 4.72. The van der Waals surface area contributed by atoms with E-state index in [1.165, 1.54) is 37.7 Å². The maximum absolute atomic E-state index is 11.0. The van der Waals surface area contributed by atoms with Gasteiger partial charge in [-0.3, -0.25) is 0 Å². The van der Waals surface area contributed by atoms with Crippen molar-refractivity contribution in [3.8, 4) is 5.75 Å². The third kappa shape index (κ3) is 5.04. The van der Waals surface area contributed by atoms with E-state index in [0.29, 0.717) is 24.5 Å². The van der Waals surface area contributed by atoms with Crippen molar-refractivity contribution in [1.29, 1.82) is 0 Å². The molecule has 0 aromatic heterocycles. The van der Waals surface area contributed by atoms with Crippen molar-refractivity contribution < 1.29 is 19.4 Å². The molecule has 36 heavy (non-hydrogen) atoms. The highest BCUT2D eigenvalue weighted by molar-refractivity contribution is 5.87. The van der Waals surface area contributed by atoms with Gasteiger partial charge < -0.3 is 24.8 Å². The first-order valence-electron chi connectivity index (χ1n) is 13.6. The first-order valence-corrected chi connectivity index (χ1v) is 13.6. The fourth-order valence-corrected chi connectivity index (χ4v) is 7.27. The molecule has 5 rings (SSSR count). The number of hydrogen-bond acceptors (Lipinski definition) is 5. The van der Waals surface area contributed by atoms with Crippen LogP contribution in [0.4, 0.5) is 0 Å². The number of carboxylic acid groups (broad SMARTS) is 1. The number of ether oxygens (including phenoxy) is 2. The van der Waals surface area contributed by atoms with Crippen molar-refractivity contribution >= 4 is 5.97 Å². The molecule has 6 nitrogen and oxygen atoms in total. The number of nitrogens with zero attached hydrogens (tertiary/aromatic N) is 1. The van der Waals surface area contributed by atoms with Crippen LogP contribution in [0.25, 0.3) is 0 Å². The van der Waals surface area contributed by atoms with E-state index in [4.69, 9.17) is 14.6 Å². The van der Waals surface area contributed by atoms with Crippen molar-refractivity contribution in [3.63, 3.8) is 0 Å². The molecule has 2 aromatic rings. The summed E-state index contributed by atoms with van der Waals surface area (Å²) in [5.41, 5.74) is 3.50. The van der Waals surface area contributed by atoms with E-state index < -0.39 is 5.97 Å². The summed E-state index contributed by atoms with van der Waals surface area (Å²) in [6.07, 6.45) is 7.49. The minimum Gasteiger partial charge on any atom is -0.494 e. The van der Waals surface area contributed by atoms with E-state index in [0.717, 1.165) is 44.9 Å². The van der Waals surface area contributed by atoms with Crippen molar-refractivity contribution in [3.05, 3.63) is 65.2 Å². The van der Waals surface area contributed by atoms with Gasteiger partial charge in [-0.1, -0.05) is 30.7 Å². The summed E-state index contributed by atoms with van der Waals surface area (Å²) in [5, 5.41) is 12.8. The molecule has 194 valence electrons. The van der Waals surface area contributed by atoms with Crippen LogP contribution >= 0.6 is 0 Å². The summed E-state index contributed by atoms with van der Waals surface area (Å²) in [6.45, 7) is 5.98. The van der Waals surface area contributed by atoms with Gasteiger partial charge in [-0.05, 0) is 92.4 Å². The molecule has 0 bridgehead atoms. The van der Waals surface area contributed by atoms with Crippen LogP contribution in [0, 0.1) is 11.8 Å². The average molecular weight is 493 g/mol. The van der Waals surface area contributed by atoms with E-state index in [9.17, 15) is 4.79 Å². The standard InChI is InChI=1S/C30H40N2O4/c1-35-28-9-4-8-27(28)30(21-31-20-23-6-2-3-7-26(23)30)24-14-17-32(18-15-24)16-5-19-36-25-12-10-22(11-13-25)29(33)34/h2-3,6-7,10-13,24,27-28,31H,4-5,8-9,14-21H2,1H3,(H,33,34)/t27-,28-,30?/m0/s1. The second kappa shape index (κ2) is 11.3. The highest BCUT2D eigenvalue weighted by Crippen LogP contribution is 2.52. The number of piperidine rings is 1. The fourth-order valence-electron chi connectivity index (χ4n) is 7.27. The Morgan fingerprint density at radius 3 is 2.61 bits per heavy atom. The van der Waals surface area contributed by atoms with Crippen molar-refractivity contribution in [1.82, 2.24) is 10.2 Å². The summed E-state index contributed by atoms with van der Waals surface area (Å²) in [4.78, 5) is 13.6. The SMILES string of the molecule is CO[C@H]1CCC[C@@H]1C1(C2CCN(CCCOc3ccc(C(=O)O)cc3)CC2)CNCc2ccccc21. The van der Waals surface area contributed by atoms with Gasteiger partial charge in [-0.15, -0.1) is 0 Å². The van der Waals surface area contributed by atoms with Crippen molar-refractivity contribution in [2.45, 2.75) is 56.6 Å². The van der Waals surface area contributed by atoms with Crippen molar-refractivity contribution in [2.75, 3.05) is 39.9 Å². The third-order valence-corrected chi connectivity index (χ3v) is 8.97. The molecule has 2 N–H and O–H groups in total. The number of likely N-dealkylation sites (tertiary alicyclic amines) is 1. The Balaban J connectivity index is 1.20. The number of aromatic carboxylic acids is 1. The number of methoxy groups -OCH3 is 1. The van der Waals surface area contributed by atoms with Gasteiger partial charge >= 0.3 is 5.97 Å². The smallest absolute Gasteiger partial charge is 0.335 e. The molecule has 2 aromatic carbocycles. The number of rotatable bonds is 9. The van der Waals surface area contributed by atoms with Gasteiger partial charge in [0.25, 0.3) is 0 Å². The molecule has 3 aliphatic rings. The number of carboxylic acids is 1. The van der Waals surface area contributed by atoms with Crippen LogP contribution in [0.5, 0.6) is 5.75 Å². The maximum Gasteiger partial charge on any atom is 0.335 e. The Labute approximate surface area is 215 Å². The summed E-state index contributed by atoms with van der Waals surface area (Å²) in [7, 11) is 1.91. The van der Waals surface area contributed by atoms with Gasteiger partial charge in [0.2, 0.25) is 0 Å². The zero-order chi connectivity index (χ0) is 25.0. The first-order chi connectivity index (χ1) is 17.6. The van der Waals surface area contributed by atoms with Crippen LogP contribution in [0.15, 0.2) is 48.5 Å². The summed E-state index contributed by atoms with van der Waals surface area (Å²) in [5.74, 6) is 1.06. The topological polar surface area (TPSA) is 71.0 Å². The minimum atomic E-state index is -0.912. The number of hydrogen-bond donors (Lipinski definition) is 2. The third-order valence-electron chi connectivity index (χ3n) is 8.97. The minimum absolute atomic E-state index is 0.156. The molecule has 3 atom stereocenters. The van der Waals surface area contributed by atoms with Gasteiger partial charge in [0.05, 0.1) is 18.3 Å². The fraction of sp³-hybridized carbons (Fsp3) is 0.567. The van der Waals surface area contributed by atoms with E-state index in [2.05, 4.69) is 34.5 Å². The molecule has 2 heterocycles. The quantitative estimate of drug-likeness (QED) is 0.494. The number of fused-ring (bicyclic) bond motifs is 1. The molecule has 0 radical (unpaired) electrons. The Bertz CT molecular complexity index is 1020. The monoisotopic (exact) mass is 492 g/mol. The molecule has 2 fully saturated rings. The molecule has 1 unspecified atom stereocenters. The predicted molar refractivity (Wildman–Crippen MR) is 141 cm³/mol. The molecule has 2 aliphatic heterocycles. The Kier molecular flexibility index (Phi) is 7.94.